The minimum absolute atomic E-state index is 0.249. The molecule has 0 fully saturated rings. The van der Waals surface area contributed by atoms with Crippen molar-refractivity contribution in [3.05, 3.63) is 34.9 Å². The third-order valence-electron chi connectivity index (χ3n) is 2.82. The van der Waals surface area contributed by atoms with Gasteiger partial charge >= 0.3 is 6.18 Å². The van der Waals surface area contributed by atoms with Crippen LogP contribution in [0.1, 0.15) is 21.5 Å². The number of hydrogen-bond acceptors (Lipinski definition) is 3. The molecular formula is C12H12F3NO3. The Hall–Kier alpha value is -1.60. The number of amides is 1. The Morgan fingerprint density at radius 2 is 2.05 bits per heavy atom. The fourth-order valence-corrected chi connectivity index (χ4v) is 1.72. The SMILES string of the molecule is O=C(NCC(O)C(F)(F)F)c1ccc2c(c1)COC2. The van der Waals surface area contributed by atoms with Crippen LogP contribution in [0, 0.1) is 0 Å². The van der Waals surface area contributed by atoms with Crippen molar-refractivity contribution < 1.29 is 27.8 Å². The van der Waals surface area contributed by atoms with Gasteiger partial charge in [-0.05, 0) is 23.3 Å². The summed E-state index contributed by atoms with van der Waals surface area (Å²) in [6.07, 6.45) is -7.30. The van der Waals surface area contributed by atoms with Crippen LogP contribution < -0.4 is 5.32 Å². The van der Waals surface area contributed by atoms with Gasteiger partial charge in [0.1, 0.15) is 0 Å². The summed E-state index contributed by atoms with van der Waals surface area (Å²) in [5.41, 5.74) is 2.06. The van der Waals surface area contributed by atoms with Gasteiger partial charge in [0.2, 0.25) is 0 Å². The van der Waals surface area contributed by atoms with E-state index in [1.54, 1.807) is 12.1 Å². The molecule has 1 aliphatic heterocycles. The fourth-order valence-electron chi connectivity index (χ4n) is 1.72. The molecular weight excluding hydrogens is 263 g/mol. The van der Waals surface area contributed by atoms with Crippen molar-refractivity contribution in [3.8, 4) is 0 Å². The molecule has 0 spiro atoms. The molecule has 7 heteroatoms. The first-order chi connectivity index (χ1) is 8.88. The van der Waals surface area contributed by atoms with E-state index in [1.165, 1.54) is 6.07 Å². The third-order valence-corrected chi connectivity index (χ3v) is 2.82. The lowest BCUT2D eigenvalue weighted by atomic mass is 10.1. The molecule has 4 nitrogen and oxygen atoms in total. The summed E-state index contributed by atoms with van der Waals surface area (Å²) in [4.78, 5) is 11.6. The summed E-state index contributed by atoms with van der Waals surface area (Å²) in [5.74, 6) is -0.655. The topological polar surface area (TPSA) is 58.6 Å². The summed E-state index contributed by atoms with van der Waals surface area (Å²) in [6, 6.07) is 4.80. The Morgan fingerprint density at radius 3 is 2.74 bits per heavy atom. The van der Waals surface area contributed by atoms with Crippen LogP contribution in [-0.2, 0) is 18.0 Å². The van der Waals surface area contributed by atoms with Crippen molar-refractivity contribution in [2.24, 2.45) is 0 Å². The number of benzene rings is 1. The Morgan fingerprint density at radius 1 is 1.37 bits per heavy atom. The van der Waals surface area contributed by atoms with E-state index in [-0.39, 0.29) is 5.56 Å². The monoisotopic (exact) mass is 275 g/mol. The maximum absolute atomic E-state index is 12.1. The lowest BCUT2D eigenvalue weighted by molar-refractivity contribution is -0.201. The van der Waals surface area contributed by atoms with Crippen LogP contribution in [0.2, 0.25) is 0 Å². The van der Waals surface area contributed by atoms with E-state index >= 15 is 0 Å². The summed E-state index contributed by atoms with van der Waals surface area (Å²) in [7, 11) is 0. The molecule has 2 rings (SSSR count). The van der Waals surface area contributed by atoms with E-state index in [9.17, 15) is 18.0 Å². The van der Waals surface area contributed by atoms with E-state index in [0.29, 0.717) is 13.2 Å². The van der Waals surface area contributed by atoms with E-state index in [2.05, 4.69) is 0 Å². The van der Waals surface area contributed by atoms with E-state index in [1.807, 2.05) is 5.32 Å². The number of fused-ring (bicyclic) bond motifs is 1. The second kappa shape index (κ2) is 5.18. The van der Waals surface area contributed by atoms with Gasteiger partial charge < -0.3 is 15.2 Å². The molecule has 1 heterocycles. The van der Waals surface area contributed by atoms with Crippen molar-refractivity contribution in [2.45, 2.75) is 25.5 Å². The maximum Gasteiger partial charge on any atom is 0.416 e. The summed E-state index contributed by atoms with van der Waals surface area (Å²) >= 11 is 0. The molecule has 1 amide bonds. The third kappa shape index (κ3) is 3.24. The van der Waals surface area contributed by atoms with Gasteiger partial charge in [0.15, 0.2) is 6.10 Å². The van der Waals surface area contributed by atoms with Crippen LogP contribution in [-0.4, -0.2) is 29.8 Å². The molecule has 104 valence electrons. The van der Waals surface area contributed by atoms with Gasteiger partial charge in [-0.2, -0.15) is 13.2 Å². The highest BCUT2D eigenvalue weighted by Crippen LogP contribution is 2.21. The predicted octanol–water partition coefficient (Wildman–Crippen LogP) is 1.37. The van der Waals surface area contributed by atoms with Crippen LogP contribution in [0.15, 0.2) is 18.2 Å². The quantitative estimate of drug-likeness (QED) is 0.876. The van der Waals surface area contributed by atoms with Crippen LogP contribution in [0.3, 0.4) is 0 Å². The lowest BCUT2D eigenvalue weighted by Gasteiger charge is -2.15. The second-order valence-corrected chi connectivity index (χ2v) is 4.24. The number of hydrogen-bond donors (Lipinski definition) is 2. The molecule has 0 aromatic heterocycles. The number of rotatable bonds is 3. The van der Waals surface area contributed by atoms with Crippen molar-refractivity contribution in [2.75, 3.05) is 6.54 Å². The van der Waals surface area contributed by atoms with Crippen LogP contribution in [0.25, 0.3) is 0 Å². The number of halogens is 3. The molecule has 0 radical (unpaired) electrons. The van der Waals surface area contributed by atoms with E-state index in [0.717, 1.165) is 11.1 Å². The first kappa shape index (κ1) is 13.8. The standard InChI is InChI=1S/C12H12F3NO3/c13-12(14,15)10(17)4-16-11(18)7-1-2-8-5-19-6-9(8)3-7/h1-3,10,17H,4-6H2,(H,16,18). The van der Waals surface area contributed by atoms with Crippen molar-refractivity contribution in [1.82, 2.24) is 5.32 Å². The lowest BCUT2D eigenvalue weighted by Crippen LogP contribution is -2.40. The molecule has 1 aromatic rings. The molecule has 0 bridgehead atoms. The Bertz CT molecular complexity index is 488. The van der Waals surface area contributed by atoms with Gasteiger partial charge in [0, 0.05) is 5.56 Å². The number of aliphatic hydroxyl groups is 1. The predicted molar refractivity (Wildman–Crippen MR) is 59.3 cm³/mol. The number of aliphatic hydroxyl groups excluding tert-OH is 1. The number of carbonyl (C=O) groups is 1. The normalized spacial score (nSPS) is 16.0. The fraction of sp³-hybridized carbons (Fsp3) is 0.417. The highest BCUT2D eigenvalue weighted by molar-refractivity contribution is 5.94. The molecule has 1 aliphatic rings. The van der Waals surface area contributed by atoms with Crippen LogP contribution in [0.4, 0.5) is 13.2 Å². The Balaban J connectivity index is 1.97. The number of nitrogens with one attached hydrogen (secondary N) is 1. The van der Waals surface area contributed by atoms with Crippen LogP contribution >= 0.6 is 0 Å². The van der Waals surface area contributed by atoms with E-state index in [4.69, 9.17) is 9.84 Å². The summed E-state index contributed by atoms with van der Waals surface area (Å²) in [5, 5.41) is 10.8. The van der Waals surface area contributed by atoms with Crippen molar-refractivity contribution in [1.29, 1.82) is 0 Å². The first-order valence-electron chi connectivity index (χ1n) is 5.60. The zero-order chi connectivity index (χ0) is 14.0. The highest BCUT2D eigenvalue weighted by atomic mass is 19.4. The van der Waals surface area contributed by atoms with Gasteiger partial charge in [-0.15, -0.1) is 0 Å². The second-order valence-electron chi connectivity index (χ2n) is 4.24. The summed E-state index contributed by atoms with van der Waals surface area (Å²) < 4.78 is 41.4. The molecule has 1 aromatic carbocycles. The number of ether oxygens (including phenoxy) is 1. The molecule has 0 saturated heterocycles. The smallest absolute Gasteiger partial charge is 0.382 e. The van der Waals surface area contributed by atoms with Gasteiger partial charge in [-0.25, -0.2) is 0 Å². The average molecular weight is 275 g/mol. The summed E-state index contributed by atoms with van der Waals surface area (Å²) in [6.45, 7) is 0.00156. The van der Waals surface area contributed by atoms with Crippen molar-refractivity contribution >= 4 is 5.91 Å². The minimum Gasteiger partial charge on any atom is -0.382 e. The van der Waals surface area contributed by atoms with Crippen molar-refractivity contribution in [3.63, 3.8) is 0 Å². The molecule has 1 atom stereocenters. The maximum atomic E-state index is 12.1. The molecule has 0 saturated carbocycles. The highest BCUT2D eigenvalue weighted by Gasteiger charge is 2.38. The largest absolute Gasteiger partial charge is 0.416 e. The first-order valence-corrected chi connectivity index (χ1v) is 5.60. The number of carbonyl (C=O) groups excluding carboxylic acids is 1. The zero-order valence-corrected chi connectivity index (χ0v) is 9.83. The molecule has 0 aliphatic carbocycles. The van der Waals surface area contributed by atoms with Crippen LogP contribution in [0.5, 0.6) is 0 Å². The molecule has 2 N–H and O–H groups in total. The average Bonchev–Trinajstić information content (AvgIpc) is 2.81. The van der Waals surface area contributed by atoms with Gasteiger partial charge in [0.05, 0.1) is 19.8 Å². The number of alkyl halides is 3. The van der Waals surface area contributed by atoms with Gasteiger partial charge in [-0.3, -0.25) is 4.79 Å². The molecule has 1 unspecified atom stereocenters. The van der Waals surface area contributed by atoms with Gasteiger partial charge in [0.25, 0.3) is 5.91 Å². The van der Waals surface area contributed by atoms with Gasteiger partial charge in [-0.1, -0.05) is 6.07 Å². The zero-order valence-electron chi connectivity index (χ0n) is 9.83. The van der Waals surface area contributed by atoms with E-state index < -0.39 is 24.7 Å². The Labute approximate surface area is 107 Å². The minimum atomic E-state index is -4.74. The Kier molecular flexibility index (Phi) is 3.77. The molecule has 19 heavy (non-hydrogen) atoms.